The van der Waals surface area contributed by atoms with Gasteiger partial charge in [0.15, 0.2) is 0 Å². The number of hydrogen-bond donors (Lipinski definition) is 1. The molecule has 1 saturated carbocycles. The summed E-state index contributed by atoms with van der Waals surface area (Å²) < 4.78 is 27.6. The Balaban J connectivity index is 1.57. The number of hydrogen-bond acceptors (Lipinski definition) is 3. The molecule has 0 spiro atoms. The summed E-state index contributed by atoms with van der Waals surface area (Å²) in [6.07, 6.45) is 1.71. The van der Waals surface area contributed by atoms with Crippen molar-refractivity contribution < 1.29 is 13.6 Å². The van der Waals surface area contributed by atoms with Crippen molar-refractivity contribution in [2.24, 2.45) is 11.7 Å². The van der Waals surface area contributed by atoms with Gasteiger partial charge in [-0.05, 0) is 40.6 Å². The molecule has 30 heavy (non-hydrogen) atoms. The molecule has 1 aliphatic carbocycles. The van der Waals surface area contributed by atoms with Crippen molar-refractivity contribution in [2.45, 2.75) is 63.3 Å². The molecule has 4 rings (SSSR count). The normalized spacial score (nSPS) is 24.2. The second-order valence-corrected chi connectivity index (χ2v) is 11.9. The summed E-state index contributed by atoms with van der Waals surface area (Å²) in [5.74, 6) is -0.299. The van der Waals surface area contributed by atoms with Crippen molar-refractivity contribution in [1.29, 1.82) is 0 Å². The molecule has 0 bridgehead atoms. The van der Waals surface area contributed by atoms with Gasteiger partial charge >= 0.3 is 0 Å². The van der Waals surface area contributed by atoms with Gasteiger partial charge in [-0.15, -0.1) is 0 Å². The smallest absolute Gasteiger partial charge is 0.282 e. The summed E-state index contributed by atoms with van der Waals surface area (Å²) in [6, 6.07) is 19.0. The average molecular weight is 427 g/mol. The van der Waals surface area contributed by atoms with Gasteiger partial charge in [-0.3, -0.25) is 0 Å². The lowest BCUT2D eigenvalue weighted by atomic mass is 9.87. The second-order valence-electron chi connectivity index (χ2n) is 9.76. The highest BCUT2D eigenvalue weighted by Crippen LogP contribution is 2.49. The van der Waals surface area contributed by atoms with Crippen molar-refractivity contribution >= 4 is 19.4 Å². The van der Waals surface area contributed by atoms with Crippen LogP contribution < -0.4 is 16.1 Å². The van der Waals surface area contributed by atoms with Gasteiger partial charge in [0.25, 0.3) is 9.04 Å². The molecule has 0 amide bonds. The standard InChI is InChI=1S/C25H33FNO2Si/c1-24(2,3)18-9-11-20(12-10-18)30(19-7-5-4-6-8-19)29-17-21(25(26)14-15-25)23-22(27)13-16-28-23/h4-12,21-23H,13-17,27H2,1-3H3/t21-,22?,23?/m1/s1. The van der Waals surface area contributed by atoms with E-state index in [-0.39, 0.29) is 23.5 Å². The highest BCUT2D eigenvalue weighted by molar-refractivity contribution is 6.80. The summed E-state index contributed by atoms with van der Waals surface area (Å²) in [5.41, 5.74) is 6.46. The fourth-order valence-electron chi connectivity index (χ4n) is 4.29. The van der Waals surface area contributed by atoms with E-state index in [9.17, 15) is 0 Å². The maximum absolute atomic E-state index is 15.2. The molecule has 1 aliphatic heterocycles. The minimum Gasteiger partial charge on any atom is -0.407 e. The highest BCUT2D eigenvalue weighted by Gasteiger charge is 2.55. The van der Waals surface area contributed by atoms with Crippen LogP contribution in [0.1, 0.15) is 45.6 Å². The summed E-state index contributed by atoms with van der Waals surface area (Å²) in [6.45, 7) is 7.61. The third-order valence-electron chi connectivity index (χ3n) is 6.43. The summed E-state index contributed by atoms with van der Waals surface area (Å²) in [4.78, 5) is 0. The first-order chi connectivity index (χ1) is 14.3. The van der Waals surface area contributed by atoms with Gasteiger partial charge in [0.05, 0.1) is 6.10 Å². The van der Waals surface area contributed by atoms with E-state index in [1.54, 1.807) is 0 Å². The number of halogens is 1. The van der Waals surface area contributed by atoms with Crippen LogP contribution in [0.25, 0.3) is 0 Å². The van der Waals surface area contributed by atoms with Crippen molar-refractivity contribution in [3.8, 4) is 0 Å². The topological polar surface area (TPSA) is 44.5 Å². The molecule has 0 aromatic heterocycles. The predicted molar refractivity (Wildman–Crippen MR) is 121 cm³/mol. The van der Waals surface area contributed by atoms with Crippen LogP contribution in [0.2, 0.25) is 0 Å². The lowest BCUT2D eigenvalue weighted by molar-refractivity contribution is -0.00985. The molecule has 1 heterocycles. The van der Waals surface area contributed by atoms with Gasteiger partial charge in [0, 0.05) is 25.2 Å². The van der Waals surface area contributed by atoms with Crippen LogP contribution in [-0.4, -0.2) is 40.1 Å². The van der Waals surface area contributed by atoms with Gasteiger partial charge < -0.3 is 14.9 Å². The molecule has 2 aromatic carbocycles. The molecule has 2 aromatic rings. The largest absolute Gasteiger partial charge is 0.407 e. The maximum atomic E-state index is 15.2. The lowest BCUT2D eigenvalue weighted by Gasteiger charge is -2.30. The van der Waals surface area contributed by atoms with E-state index in [2.05, 4.69) is 57.2 Å². The number of nitrogens with two attached hydrogens (primary N) is 1. The van der Waals surface area contributed by atoms with E-state index >= 15 is 4.39 Å². The molecular formula is C25H33FNO2Si. The summed E-state index contributed by atoms with van der Waals surface area (Å²) in [7, 11) is -1.50. The van der Waals surface area contributed by atoms with Crippen molar-refractivity contribution in [3.05, 3.63) is 60.2 Å². The molecule has 3 atom stereocenters. The van der Waals surface area contributed by atoms with E-state index in [1.807, 2.05) is 18.2 Å². The molecule has 2 unspecified atom stereocenters. The molecule has 3 nitrogen and oxygen atoms in total. The average Bonchev–Trinajstić information content (AvgIpc) is 3.33. The second kappa shape index (κ2) is 8.54. The Morgan fingerprint density at radius 3 is 2.27 bits per heavy atom. The highest BCUT2D eigenvalue weighted by atomic mass is 28.3. The van der Waals surface area contributed by atoms with Crippen LogP contribution in [0.15, 0.2) is 54.6 Å². The SMILES string of the molecule is CC(C)(C)c1ccc([Si](OC[C@H](C2OCCC2N)C2(F)CC2)c2ccccc2)cc1. The summed E-state index contributed by atoms with van der Waals surface area (Å²) in [5, 5.41) is 2.35. The van der Waals surface area contributed by atoms with Gasteiger partial charge in [-0.2, -0.15) is 0 Å². The van der Waals surface area contributed by atoms with Gasteiger partial charge in [0.1, 0.15) is 5.67 Å². The fourth-order valence-corrected chi connectivity index (χ4v) is 6.27. The summed E-state index contributed by atoms with van der Waals surface area (Å²) >= 11 is 0. The van der Waals surface area contributed by atoms with Gasteiger partial charge in [-0.1, -0.05) is 75.4 Å². The van der Waals surface area contributed by atoms with Crippen molar-refractivity contribution in [1.82, 2.24) is 0 Å². The zero-order chi connectivity index (χ0) is 21.4. The van der Waals surface area contributed by atoms with Crippen molar-refractivity contribution in [3.63, 3.8) is 0 Å². The first-order valence-corrected chi connectivity index (χ1v) is 12.4. The van der Waals surface area contributed by atoms with Crippen LogP contribution in [0.3, 0.4) is 0 Å². The Labute approximate surface area is 181 Å². The molecular weight excluding hydrogens is 393 g/mol. The monoisotopic (exact) mass is 426 g/mol. The number of alkyl halides is 1. The minimum atomic E-state index is -1.50. The molecule has 1 saturated heterocycles. The van der Waals surface area contributed by atoms with E-state index < -0.39 is 14.7 Å². The first-order valence-electron chi connectivity index (χ1n) is 11.0. The van der Waals surface area contributed by atoms with E-state index in [0.717, 1.165) is 6.42 Å². The first kappa shape index (κ1) is 21.7. The van der Waals surface area contributed by atoms with Gasteiger partial charge in [0.2, 0.25) is 0 Å². The van der Waals surface area contributed by atoms with E-state index in [4.69, 9.17) is 14.9 Å². The zero-order valence-corrected chi connectivity index (χ0v) is 19.2. The Morgan fingerprint density at radius 1 is 1.10 bits per heavy atom. The third-order valence-corrected chi connectivity index (χ3v) is 8.60. The number of ether oxygens (including phenoxy) is 1. The molecule has 5 heteroatoms. The van der Waals surface area contributed by atoms with E-state index in [1.165, 1.54) is 15.9 Å². The molecule has 161 valence electrons. The Kier molecular flexibility index (Phi) is 6.17. The number of benzene rings is 2. The Morgan fingerprint density at radius 2 is 1.73 bits per heavy atom. The molecule has 2 N–H and O–H groups in total. The third kappa shape index (κ3) is 4.69. The zero-order valence-electron chi connectivity index (χ0n) is 18.2. The van der Waals surface area contributed by atoms with Crippen molar-refractivity contribution in [2.75, 3.05) is 13.2 Å². The maximum Gasteiger partial charge on any atom is 0.282 e. The lowest BCUT2D eigenvalue weighted by Crippen LogP contribution is -2.49. The number of rotatable bonds is 7. The molecule has 2 fully saturated rings. The Bertz CT molecular complexity index is 832. The fraction of sp³-hybridized carbons (Fsp3) is 0.520. The van der Waals surface area contributed by atoms with Crippen LogP contribution in [-0.2, 0) is 14.6 Å². The van der Waals surface area contributed by atoms with Gasteiger partial charge in [-0.25, -0.2) is 4.39 Å². The van der Waals surface area contributed by atoms with E-state index in [0.29, 0.717) is 26.1 Å². The predicted octanol–water partition coefficient (Wildman–Crippen LogP) is 3.34. The Hall–Kier alpha value is -1.53. The van der Waals surface area contributed by atoms with Crippen LogP contribution >= 0.6 is 0 Å². The van der Waals surface area contributed by atoms with Crippen LogP contribution in [0, 0.1) is 5.92 Å². The quantitative estimate of drug-likeness (QED) is 0.691. The minimum absolute atomic E-state index is 0.104. The van der Waals surface area contributed by atoms with Crippen LogP contribution in [0.4, 0.5) is 4.39 Å². The molecule has 2 aliphatic rings. The molecule has 1 radical (unpaired) electrons. The van der Waals surface area contributed by atoms with Crippen LogP contribution in [0.5, 0.6) is 0 Å².